The smallest absolute Gasteiger partial charge is 0.0467 e. The number of hydrogen-bond donors (Lipinski definition) is 1. The van der Waals surface area contributed by atoms with Crippen LogP contribution in [-0.2, 0) is 0 Å². The first-order valence-electron chi connectivity index (χ1n) is 6.17. The van der Waals surface area contributed by atoms with Crippen LogP contribution in [0.1, 0.15) is 30.9 Å². The first kappa shape index (κ1) is 10.4. The van der Waals surface area contributed by atoms with Gasteiger partial charge in [-0.25, -0.2) is 0 Å². The molecule has 1 heterocycles. The summed E-state index contributed by atoms with van der Waals surface area (Å²) in [6.07, 6.45) is 0. The van der Waals surface area contributed by atoms with Crippen LogP contribution in [0.2, 0.25) is 0 Å². The van der Waals surface area contributed by atoms with Gasteiger partial charge in [0.25, 0.3) is 0 Å². The normalized spacial score (nSPS) is 11.8. The zero-order chi connectivity index (χ0) is 12.0. The summed E-state index contributed by atoms with van der Waals surface area (Å²) >= 11 is 0. The standard InChI is InChI=1S/C16H17N/c1-10(2)12-5-7-14-13-6-4-11(3)8-15(13)17-16(14)9-12/h4-10,17H,1-3H3. The second-order valence-corrected chi connectivity index (χ2v) is 5.13. The molecule has 0 amide bonds. The molecule has 1 nitrogen and oxygen atoms in total. The third-order valence-corrected chi connectivity index (χ3v) is 3.44. The van der Waals surface area contributed by atoms with Gasteiger partial charge in [0.2, 0.25) is 0 Å². The number of benzene rings is 2. The predicted octanol–water partition coefficient (Wildman–Crippen LogP) is 4.75. The van der Waals surface area contributed by atoms with Crippen molar-refractivity contribution in [2.45, 2.75) is 26.7 Å². The number of aromatic amines is 1. The van der Waals surface area contributed by atoms with Crippen LogP contribution in [0.3, 0.4) is 0 Å². The van der Waals surface area contributed by atoms with Gasteiger partial charge in [0, 0.05) is 21.8 Å². The van der Waals surface area contributed by atoms with Crippen molar-refractivity contribution in [1.29, 1.82) is 0 Å². The minimum Gasteiger partial charge on any atom is -0.354 e. The highest BCUT2D eigenvalue weighted by Gasteiger charge is 2.06. The van der Waals surface area contributed by atoms with E-state index in [4.69, 9.17) is 0 Å². The fourth-order valence-electron chi connectivity index (χ4n) is 2.40. The molecule has 0 aliphatic carbocycles. The number of aromatic nitrogens is 1. The highest BCUT2D eigenvalue weighted by molar-refractivity contribution is 6.07. The van der Waals surface area contributed by atoms with E-state index in [1.165, 1.54) is 32.9 Å². The molecule has 2 aromatic carbocycles. The van der Waals surface area contributed by atoms with Gasteiger partial charge >= 0.3 is 0 Å². The van der Waals surface area contributed by atoms with Crippen molar-refractivity contribution in [3.8, 4) is 0 Å². The topological polar surface area (TPSA) is 15.8 Å². The Hall–Kier alpha value is -1.76. The van der Waals surface area contributed by atoms with Gasteiger partial charge in [0.15, 0.2) is 0 Å². The molecule has 0 saturated carbocycles. The minimum absolute atomic E-state index is 0.576. The maximum Gasteiger partial charge on any atom is 0.0467 e. The van der Waals surface area contributed by atoms with E-state index in [9.17, 15) is 0 Å². The first-order chi connectivity index (χ1) is 8.15. The van der Waals surface area contributed by atoms with Gasteiger partial charge in [-0.2, -0.15) is 0 Å². The summed E-state index contributed by atoms with van der Waals surface area (Å²) in [6.45, 7) is 6.59. The molecule has 0 bridgehead atoms. The molecular weight excluding hydrogens is 206 g/mol. The van der Waals surface area contributed by atoms with Gasteiger partial charge in [0.1, 0.15) is 0 Å². The highest BCUT2D eigenvalue weighted by Crippen LogP contribution is 2.28. The molecular formula is C16H17N. The molecule has 0 unspecified atom stereocenters. The Balaban J connectivity index is 2.35. The van der Waals surface area contributed by atoms with Crippen LogP contribution in [0.25, 0.3) is 21.8 Å². The van der Waals surface area contributed by atoms with Gasteiger partial charge in [-0.3, -0.25) is 0 Å². The third kappa shape index (κ3) is 1.62. The summed E-state index contributed by atoms with van der Waals surface area (Å²) in [6, 6.07) is 13.3. The summed E-state index contributed by atoms with van der Waals surface area (Å²) in [5.74, 6) is 0.576. The molecule has 17 heavy (non-hydrogen) atoms. The Kier molecular flexibility index (Phi) is 2.22. The molecule has 0 saturated heterocycles. The summed E-state index contributed by atoms with van der Waals surface area (Å²) in [4.78, 5) is 3.51. The van der Waals surface area contributed by atoms with Crippen LogP contribution in [0.5, 0.6) is 0 Å². The van der Waals surface area contributed by atoms with Crippen LogP contribution < -0.4 is 0 Å². The van der Waals surface area contributed by atoms with Crippen molar-refractivity contribution in [2.75, 3.05) is 0 Å². The van der Waals surface area contributed by atoms with E-state index in [-0.39, 0.29) is 0 Å². The molecule has 1 aromatic heterocycles. The monoisotopic (exact) mass is 223 g/mol. The van der Waals surface area contributed by atoms with Gasteiger partial charge in [-0.05, 0) is 36.1 Å². The van der Waals surface area contributed by atoms with E-state index >= 15 is 0 Å². The summed E-state index contributed by atoms with van der Waals surface area (Å²) in [7, 11) is 0. The zero-order valence-electron chi connectivity index (χ0n) is 10.5. The number of rotatable bonds is 1. The number of nitrogens with one attached hydrogen (secondary N) is 1. The van der Waals surface area contributed by atoms with Crippen LogP contribution in [0.15, 0.2) is 36.4 Å². The first-order valence-corrected chi connectivity index (χ1v) is 6.17. The summed E-state index contributed by atoms with van der Waals surface area (Å²) in [5.41, 5.74) is 5.17. The van der Waals surface area contributed by atoms with Crippen molar-refractivity contribution in [1.82, 2.24) is 4.98 Å². The lowest BCUT2D eigenvalue weighted by atomic mass is 10.0. The number of aryl methyl sites for hydroxylation is 1. The summed E-state index contributed by atoms with van der Waals surface area (Å²) < 4.78 is 0. The van der Waals surface area contributed by atoms with Crippen molar-refractivity contribution in [2.24, 2.45) is 0 Å². The lowest BCUT2D eigenvalue weighted by molar-refractivity contribution is 0.868. The quantitative estimate of drug-likeness (QED) is 0.612. The van der Waals surface area contributed by atoms with Crippen molar-refractivity contribution in [3.63, 3.8) is 0 Å². The Morgan fingerprint density at radius 2 is 1.53 bits per heavy atom. The van der Waals surface area contributed by atoms with Crippen molar-refractivity contribution >= 4 is 21.8 Å². The maximum atomic E-state index is 3.51. The fourth-order valence-corrected chi connectivity index (χ4v) is 2.40. The van der Waals surface area contributed by atoms with Crippen molar-refractivity contribution in [3.05, 3.63) is 47.5 Å². The molecule has 3 rings (SSSR count). The number of H-pyrrole nitrogens is 1. The predicted molar refractivity (Wildman–Crippen MR) is 74.6 cm³/mol. The second kappa shape index (κ2) is 3.63. The van der Waals surface area contributed by atoms with Crippen LogP contribution >= 0.6 is 0 Å². The molecule has 1 heteroatoms. The van der Waals surface area contributed by atoms with E-state index in [1.807, 2.05) is 0 Å². The SMILES string of the molecule is Cc1ccc2c(c1)[nH]c1cc(C(C)C)ccc12. The molecule has 0 aliphatic heterocycles. The fraction of sp³-hybridized carbons (Fsp3) is 0.250. The summed E-state index contributed by atoms with van der Waals surface area (Å²) in [5, 5.41) is 2.64. The Bertz CT molecular complexity index is 689. The molecule has 0 atom stereocenters. The molecule has 86 valence electrons. The highest BCUT2D eigenvalue weighted by atomic mass is 14.7. The van der Waals surface area contributed by atoms with Gasteiger partial charge in [-0.15, -0.1) is 0 Å². The van der Waals surface area contributed by atoms with E-state index in [2.05, 4.69) is 62.2 Å². The molecule has 3 aromatic rings. The average Bonchev–Trinajstić information content (AvgIpc) is 2.64. The van der Waals surface area contributed by atoms with E-state index in [1.54, 1.807) is 0 Å². The van der Waals surface area contributed by atoms with Gasteiger partial charge in [-0.1, -0.05) is 38.1 Å². The number of fused-ring (bicyclic) bond motifs is 3. The lowest BCUT2D eigenvalue weighted by Crippen LogP contribution is -1.85. The molecule has 0 spiro atoms. The third-order valence-electron chi connectivity index (χ3n) is 3.44. The Morgan fingerprint density at radius 1 is 0.882 bits per heavy atom. The van der Waals surface area contributed by atoms with Crippen LogP contribution in [-0.4, -0.2) is 4.98 Å². The van der Waals surface area contributed by atoms with Crippen LogP contribution in [0.4, 0.5) is 0 Å². The van der Waals surface area contributed by atoms with Gasteiger partial charge in [0.05, 0.1) is 0 Å². The second-order valence-electron chi connectivity index (χ2n) is 5.13. The molecule has 0 fully saturated rings. The van der Waals surface area contributed by atoms with Gasteiger partial charge < -0.3 is 4.98 Å². The average molecular weight is 223 g/mol. The van der Waals surface area contributed by atoms with E-state index in [0.717, 1.165) is 0 Å². The molecule has 0 radical (unpaired) electrons. The van der Waals surface area contributed by atoms with Crippen LogP contribution in [0, 0.1) is 6.92 Å². The van der Waals surface area contributed by atoms with Crippen molar-refractivity contribution < 1.29 is 0 Å². The Labute approximate surface area is 101 Å². The zero-order valence-corrected chi connectivity index (χ0v) is 10.5. The largest absolute Gasteiger partial charge is 0.354 e. The lowest BCUT2D eigenvalue weighted by Gasteiger charge is -2.04. The molecule has 1 N–H and O–H groups in total. The molecule has 0 aliphatic rings. The van der Waals surface area contributed by atoms with E-state index < -0.39 is 0 Å². The van der Waals surface area contributed by atoms with E-state index in [0.29, 0.717) is 5.92 Å². The number of hydrogen-bond acceptors (Lipinski definition) is 0. The Morgan fingerprint density at radius 3 is 2.24 bits per heavy atom. The minimum atomic E-state index is 0.576. The maximum absolute atomic E-state index is 3.51.